The van der Waals surface area contributed by atoms with E-state index in [9.17, 15) is 0 Å². The Bertz CT molecular complexity index is 471. The quantitative estimate of drug-likeness (QED) is 0.575. The van der Waals surface area contributed by atoms with Crippen molar-refractivity contribution in [2.75, 3.05) is 7.11 Å². The Morgan fingerprint density at radius 3 is 2.25 bits per heavy atom. The number of fused-ring (bicyclic) bond motifs is 5. The lowest BCUT2D eigenvalue weighted by Crippen LogP contribution is -2.54. The van der Waals surface area contributed by atoms with Crippen molar-refractivity contribution in [2.45, 2.75) is 91.6 Å². The molecule has 24 heavy (non-hydrogen) atoms. The van der Waals surface area contributed by atoms with Crippen LogP contribution >= 0.6 is 0 Å². The van der Waals surface area contributed by atoms with E-state index in [1.165, 1.54) is 57.8 Å². The van der Waals surface area contributed by atoms with Crippen molar-refractivity contribution in [3.05, 3.63) is 0 Å². The third-order valence-corrected chi connectivity index (χ3v) is 9.83. The highest BCUT2D eigenvalue weighted by Crippen LogP contribution is 2.68. The molecule has 0 saturated heterocycles. The SMILES string of the molecule is COC1CCC2(C)C(CCC3C2CCC2(C)C(C(C)C)CCC32)C1. The highest BCUT2D eigenvalue weighted by molar-refractivity contribution is 5.09. The van der Waals surface area contributed by atoms with Crippen LogP contribution in [0.2, 0.25) is 0 Å². The van der Waals surface area contributed by atoms with Gasteiger partial charge < -0.3 is 4.74 Å². The average molecular weight is 333 g/mol. The molecule has 0 radical (unpaired) electrons. The second-order valence-corrected chi connectivity index (χ2v) is 10.8. The lowest BCUT2D eigenvalue weighted by Gasteiger charge is -2.61. The average Bonchev–Trinajstić information content (AvgIpc) is 2.91. The summed E-state index contributed by atoms with van der Waals surface area (Å²) in [6.07, 6.45) is 13.7. The van der Waals surface area contributed by atoms with Crippen molar-refractivity contribution < 1.29 is 4.74 Å². The maximum Gasteiger partial charge on any atom is 0.0574 e. The van der Waals surface area contributed by atoms with E-state index in [-0.39, 0.29) is 0 Å². The van der Waals surface area contributed by atoms with Crippen LogP contribution in [0.1, 0.15) is 85.5 Å². The largest absolute Gasteiger partial charge is 0.381 e. The Morgan fingerprint density at radius 1 is 0.833 bits per heavy atom. The minimum Gasteiger partial charge on any atom is -0.381 e. The van der Waals surface area contributed by atoms with Crippen molar-refractivity contribution in [1.82, 2.24) is 0 Å². The lowest BCUT2D eigenvalue weighted by atomic mass is 9.44. The van der Waals surface area contributed by atoms with Gasteiger partial charge in [-0.05, 0) is 104 Å². The summed E-state index contributed by atoms with van der Waals surface area (Å²) in [6, 6.07) is 0. The van der Waals surface area contributed by atoms with Crippen molar-refractivity contribution in [1.29, 1.82) is 0 Å². The summed E-state index contributed by atoms with van der Waals surface area (Å²) in [4.78, 5) is 0. The second kappa shape index (κ2) is 6.00. The fourth-order valence-electron chi connectivity index (χ4n) is 8.57. The van der Waals surface area contributed by atoms with Gasteiger partial charge in [-0.3, -0.25) is 0 Å². The van der Waals surface area contributed by atoms with Gasteiger partial charge in [0.05, 0.1) is 6.10 Å². The fourth-order valence-corrected chi connectivity index (χ4v) is 8.57. The summed E-state index contributed by atoms with van der Waals surface area (Å²) in [6.45, 7) is 10.3. The van der Waals surface area contributed by atoms with Gasteiger partial charge in [0.15, 0.2) is 0 Å². The van der Waals surface area contributed by atoms with E-state index in [1.807, 2.05) is 7.11 Å². The second-order valence-electron chi connectivity index (χ2n) is 10.8. The number of rotatable bonds is 2. The molecule has 0 aromatic rings. The van der Waals surface area contributed by atoms with Gasteiger partial charge in [0.1, 0.15) is 0 Å². The van der Waals surface area contributed by atoms with E-state index in [2.05, 4.69) is 27.7 Å². The zero-order valence-electron chi connectivity index (χ0n) is 16.8. The van der Waals surface area contributed by atoms with Gasteiger partial charge in [-0.15, -0.1) is 0 Å². The van der Waals surface area contributed by atoms with Crippen molar-refractivity contribution >= 4 is 0 Å². The minimum absolute atomic E-state index is 0.547. The molecule has 0 heterocycles. The molecular formula is C23H40O. The molecule has 0 aromatic heterocycles. The molecule has 0 N–H and O–H groups in total. The summed E-state index contributed by atoms with van der Waals surface area (Å²) < 4.78 is 5.75. The Morgan fingerprint density at radius 2 is 1.54 bits per heavy atom. The van der Waals surface area contributed by atoms with Gasteiger partial charge in [0.2, 0.25) is 0 Å². The number of hydrogen-bond donors (Lipinski definition) is 0. The van der Waals surface area contributed by atoms with Crippen LogP contribution in [0, 0.1) is 46.3 Å². The molecule has 0 bridgehead atoms. The van der Waals surface area contributed by atoms with Crippen molar-refractivity contribution in [3.8, 4) is 0 Å². The zero-order valence-corrected chi connectivity index (χ0v) is 16.8. The van der Waals surface area contributed by atoms with E-state index in [0.717, 1.165) is 35.5 Å². The Hall–Kier alpha value is -0.0400. The van der Waals surface area contributed by atoms with Crippen LogP contribution in [0.15, 0.2) is 0 Å². The zero-order chi connectivity index (χ0) is 17.1. The van der Waals surface area contributed by atoms with Gasteiger partial charge >= 0.3 is 0 Å². The molecule has 0 aliphatic heterocycles. The van der Waals surface area contributed by atoms with Gasteiger partial charge in [-0.2, -0.15) is 0 Å². The van der Waals surface area contributed by atoms with E-state index in [4.69, 9.17) is 4.74 Å². The lowest BCUT2D eigenvalue weighted by molar-refractivity contribution is -0.132. The molecule has 8 unspecified atom stereocenters. The molecule has 4 fully saturated rings. The first kappa shape index (κ1) is 17.4. The van der Waals surface area contributed by atoms with Gasteiger partial charge in [0.25, 0.3) is 0 Å². The molecule has 8 atom stereocenters. The van der Waals surface area contributed by atoms with Crippen LogP contribution in [-0.4, -0.2) is 13.2 Å². The molecule has 138 valence electrons. The maximum atomic E-state index is 5.75. The van der Waals surface area contributed by atoms with Gasteiger partial charge in [-0.25, -0.2) is 0 Å². The number of methoxy groups -OCH3 is 1. The van der Waals surface area contributed by atoms with Crippen molar-refractivity contribution in [3.63, 3.8) is 0 Å². The number of hydrogen-bond acceptors (Lipinski definition) is 1. The topological polar surface area (TPSA) is 9.23 Å². The maximum absolute atomic E-state index is 5.75. The van der Waals surface area contributed by atoms with Gasteiger partial charge in [0, 0.05) is 7.11 Å². The van der Waals surface area contributed by atoms with Gasteiger partial charge in [-0.1, -0.05) is 27.7 Å². The third kappa shape index (κ3) is 2.36. The highest BCUT2D eigenvalue weighted by Gasteiger charge is 2.60. The summed E-state index contributed by atoms with van der Waals surface area (Å²) in [7, 11) is 1.93. The van der Waals surface area contributed by atoms with Crippen molar-refractivity contribution in [2.24, 2.45) is 46.3 Å². The predicted molar refractivity (Wildman–Crippen MR) is 101 cm³/mol. The molecule has 0 amide bonds. The van der Waals surface area contributed by atoms with E-state index >= 15 is 0 Å². The first-order valence-electron chi connectivity index (χ1n) is 10.9. The first-order chi connectivity index (χ1) is 11.4. The molecule has 4 rings (SSSR count). The van der Waals surface area contributed by atoms with Crippen LogP contribution in [0.3, 0.4) is 0 Å². The monoisotopic (exact) mass is 332 g/mol. The van der Waals surface area contributed by atoms with Crippen LogP contribution in [0.4, 0.5) is 0 Å². The molecular weight excluding hydrogens is 292 g/mol. The van der Waals surface area contributed by atoms with E-state index < -0.39 is 0 Å². The van der Waals surface area contributed by atoms with Crippen LogP contribution in [-0.2, 0) is 4.74 Å². The van der Waals surface area contributed by atoms with Crippen LogP contribution < -0.4 is 0 Å². The Labute approximate surface area is 150 Å². The molecule has 4 aliphatic rings. The van der Waals surface area contributed by atoms with Crippen LogP contribution in [0.25, 0.3) is 0 Å². The molecule has 4 saturated carbocycles. The summed E-state index contributed by atoms with van der Waals surface area (Å²) >= 11 is 0. The standard InChI is InChI=1S/C23H40O/c1-15(2)19-8-9-20-18-7-6-16-14-17(24-5)10-12-22(16,3)21(18)11-13-23(19,20)4/h15-21H,6-14H2,1-5H3. The number of ether oxygens (including phenoxy) is 1. The summed E-state index contributed by atoms with van der Waals surface area (Å²) in [5.41, 5.74) is 1.28. The summed E-state index contributed by atoms with van der Waals surface area (Å²) in [5, 5.41) is 0. The van der Waals surface area contributed by atoms with Crippen LogP contribution in [0.5, 0.6) is 0 Å². The summed E-state index contributed by atoms with van der Waals surface area (Å²) in [5.74, 6) is 5.87. The molecule has 4 aliphatic carbocycles. The third-order valence-electron chi connectivity index (χ3n) is 9.83. The molecule has 0 aromatic carbocycles. The molecule has 1 heteroatoms. The first-order valence-corrected chi connectivity index (χ1v) is 10.9. The Balaban J connectivity index is 1.58. The molecule has 0 spiro atoms. The smallest absolute Gasteiger partial charge is 0.0574 e. The van der Waals surface area contributed by atoms with E-state index in [1.54, 1.807) is 0 Å². The fraction of sp³-hybridized carbons (Fsp3) is 1.00. The Kier molecular flexibility index (Phi) is 4.34. The molecule has 1 nitrogen and oxygen atoms in total. The van der Waals surface area contributed by atoms with E-state index in [0.29, 0.717) is 16.9 Å². The minimum atomic E-state index is 0.547. The normalized spacial score (nSPS) is 54.2. The predicted octanol–water partition coefficient (Wildman–Crippen LogP) is 6.32. The highest BCUT2D eigenvalue weighted by atomic mass is 16.5.